The molecule has 0 radical (unpaired) electrons. The molecule has 122 valence electrons. The highest BCUT2D eigenvalue weighted by Crippen LogP contribution is 2.14. The second-order valence-electron chi connectivity index (χ2n) is 4.75. The van der Waals surface area contributed by atoms with E-state index < -0.39 is 5.25 Å². The van der Waals surface area contributed by atoms with Crippen LogP contribution in [0.1, 0.15) is 6.92 Å². The average Bonchev–Trinajstić information content (AvgIpc) is 2.92. The first-order chi connectivity index (χ1) is 11.0. The molecule has 0 aliphatic heterocycles. The molecule has 8 heteroatoms. The first-order valence-electron chi connectivity index (χ1n) is 6.81. The molecule has 0 bridgehead atoms. The van der Waals surface area contributed by atoms with Crippen molar-refractivity contribution in [3.05, 3.63) is 46.5 Å². The van der Waals surface area contributed by atoms with E-state index in [0.29, 0.717) is 10.5 Å². The molecule has 5 nitrogen and oxygen atoms in total. The third-order valence-electron chi connectivity index (χ3n) is 2.91. The number of thioether (sulfide) groups is 1. The summed E-state index contributed by atoms with van der Waals surface area (Å²) in [6.45, 7) is 1.72. The number of anilines is 1. The van der Waals surface area contributed by atoms with Crippen LogP contribution in [-0.2, 0) is 16.6 Å². The Labute approximate surface area is 141 Å². The number of halogens is 1. The third kappa shape index (κ3) is 5.33. The summed E-state index contributed by atoms with van der Waals surface area (Å²) in [6, 6.07) is 5.51. The molecule has 0 saturated carbocycles. The molecule has 1 aromatic heterocycles. The number of aryl methyl sites for hydroxylation is 1. The molecular weight excluding hydrogens is 337 g/mol. The van der Waals surface area contributed by atoms with Crippen molar-refractivity contribution in [1.29, 1.82) is 0 Å². The maximum Gasteiger partial charge on any atom is 0.261 e. The summed E-state index contributed by atoms with van der Waals surface area (Å²) in [5, 5.41) is 4.07. The number of amides is 2. The van der Waals surface area contributed by atoms with Crippen molar-refractivity contribution in [2.45, 2.75) is 12.2 Å². The molecule has 0 spiro atoms. The molecule has 1 N–H and O–H groups in total. The van der Waals surface area contributed by atoms with Gasteiger partial charge in [-0.05, 0) is 31.2 Å². The zero-order valence-corrected chi connectivity index (χ0v) is 14.3. The predicted molar refractivity (Wildman–Crippen MR) is 90.8 cm³/mol. The summed E-state index contributed by atoms with van der Waals surface area (Å²) in [4.78, 5) is 28.5. The number of thiazole rings is 1. The van der Waals surface area contributed by atoms with Gasteiger partial charge in [0.2, 0.25) is 5.91 Å². The van der Waals surface area contributed by atoms with Gasteiger partial charge in [0.25, 0.3) is 5.91 Å². The quantitative estimate of drug-likeness (QED) is 0.898. The number of aromatic nitrogens is 1. The number of nitrogens with zero attached hydrogens (tertiary/aromatic N) is 2. The molecule has 1 heterocycles. The first-order valence-corrected chi connectivity index (χ1v) is 8.74. The molecule has 0 saturated heterocycles. The Balaban J connectivity index is 1.85. The first kappa shape index (κ1) is 17.4. The van der Waals surface area contributed by atoms with Crippen molar-refractivity contribution >= 4 is 40.6 Å². The van der Waals surface area contributed by atoms with Crippen LogP contribution in [0.5, 0.6) is 0 Å². The van der Waals surface area contributed by atoms with Crippen LogP contribution in [0.3, 0.4) is 0 Å². The minimum Gasteiger partial charge on any atom is -0.327 e. The number of carbonyl (C=O) groups excluding carboxylic acids is 2. The molecule has 2 aromatic rings. The van der Waals surface area contributed by atoms with E-state index in [2.05, 4.69) is 10.3 Å². The van der Waals surface area contributed by atoms with Gasteiger partial charge in [0.05, 0.1) is 11.0 Å². The number of hydrogen-bond donors (Lipinski definition) is 1. The van der Waals surface area contributed by atoms with E-state index in [1.807, 2.05) is 18.6 Å². The van der Waals surface area contributed by atoms with Crippen molar-refractivity contribution in [1.82, 2.24) is 4.57 Å². The molecular formula is C15H16FN3O2S2. The Morgan fingerprint density at radius 2 is 2.09 bits per heavy atom. The molecule has 2 rings (SSSR count). The predicted octanol–water partition coefficient (Wildman–Crippen LogP) is 2.41. The smallest absolute Gasteiger partial charge is 0.261 e. The van der Waals surface area contributed by atoms with E-state index in [0.717, 1.165) is 0 Å². The van der Waals surface area contributed by atoms with E-state index in [1.165, 1.54) is 47.4 Å². The van der Waals surface area contributed by atoms with Gasteiger partial charge in [0, 0.05) is 24.3 Å². The highest BCUT2D eigenvalue weighted by Gasteiger charge is 2.15. The van der Waals surface area contributed by atoms with Gasteiger partial charge in [0.15, 0.2) is 4.80 Å². The minimum atomic E-state index is -0.420. The van der Waals surface area contributed by atoms with Gasteiger partial charge in [-0.25, -0.2) is 4.39 Å². The number of hydrogen-bond acceptors (Lipinski definition) is 4. The van der Waals surface area contributed by atoms with Crippen molar-refractivity contribution in [2.24, 2.45) is 12.0 Å². The van der Waals surface area contributed by atoms with E-state index in [4.69, 9.17) is 0 Å². The fourth-order valence-electron chi connectivity index (χ4n) is 1.62. The van der Waals surface area contributed by atoms with Crippen LogP contribution < -0.4 is 10.1 Å². The average molecular weight is 353 g/mol. The van der Waals surface area contributed by atoms with Gasteiger partial charge in [0.1, 0.15) is 5.82 Å². The van der Waals surface area contributed by atoms with Gasteiger partial charge < -0.3 is 9.88 Å². The Bertz CT molecular complexity index is 753. The maximum atomic E-state index is 12.8. The number of nitrogens with one attached hydrogen (secondary N) is 1. The normalized spacial score (nSPS) is 12.9. The monoisotopic (exact) mass is 353 g/mol. The molecule has 0 aliphatic carbocycles. The summed E-state index contributed by atoms with van der Waals surface area (Å²) in [5.74, 6) is -0.762. The molecule has 1 atom stereocenters. The number of benzene rings is 1. The largest absolute Gasteiger partial charge is 0.327 e. The summed E-state index contributed by atoms with van der Waals surface area (Å²) >= 11 is 2.59. The van der Waals surface area contributed by atoms with Crippen LogP contribution in [0.25, 0.3) is 0 Å². The molecule has 0 fully saturated rings. The lowest BCUT2D eigenvalue weighted by Crippen LogP contribution is -2.21. The third-order valence-corrected chi connectivity index (χ3v) is 4.88. The molecule has 0 aliphatic rings. The Hall–Kier alpha value is -1.93. The van der Waals surface area contributed by atoms with Crippen molar-refractivity contribution in [3.8, 4) is 0 Å². The van der Waals surface area contributed by atoms with Crippen LogP contribution in [-0.4, -0.2) is 27.4 Å². The standard InChI is InChI=1S/C15H16FN3O2S2/c1-10(14(21)18-15-19(2)7-8-22-15)23-9-13(20)17-12-5-3-11(16)4-6-12/h3-8,10H,9H2,1-2H3,(H,17,20). The summed E-state index contributed by atoms with van der Waals surface area (Å²) < 4.78 is 14.6. The highest BCUT2D eigenvalue weighted by atomic mass is 32.2. The SMILES string of the molecule is CC(SCC(=O)Nc1ccc(F)cc1)C(=O)N=c1sccn1C. The summed E-state index contributed by atoms with van der Waals surface area (Å²) in [7, 11) is 1.82. The second kappa shape index (κ2) is 8.07. The Kier molecular flexibility index (Phi) is 6.12. The minimum absolute atomic E-state index is 0.121. The molecule has 23 heavy (non-hydrogen) atoms. The number of carbonyl (C=O) groups is 2. The van der Waals surface area contributed by atoms with E-state index in [-0.39, 0.29) is 23.4 Å². The lowest BCUT2D eigenvalue weighted by atomic mass is 10.3. The van der Waals surface area contributed by atoms with E-state index in [1.54, 1.807) is 11.5 Å². The lowest BCUT2D eigenvalue weighted by molar-refractivity contribution is -0.117. The second-order valence-corrected chi connectivity index (χ2v) is 6.96. The van der Waals surface area contributed by atoms with Crippen LogP contribution >= 0.6 is 23.1 Å². The summed E-state index contributed by atoms with van der Waals surface area (Å²) in [5.41, 5.74) is 0.520. The molecule has 1 unspecified atom stereocenters. The Morgan fingerprint density at radius 3 is 2.70 bits per heavy atom. The van der Waals surface area contributed by atoms with Crippen molar-refractivity contribution < 1.29 is 14.0 Å². The van der Waals surface area contributed by atoms with E-state index >= 15 is 0 Å². The van der Waals surface area contributed by atoms with Crippen molar-refractivity contribution in [3.63, 3.8) is 0 Å². The zero-order chi connectivity index (χ0) is 16.8. The van der Waals surface area contributed by atoms with Crippen LogP contribution in [0.2, 0.25) is 0 Å². The van der Waals surface area contributed by atoms with Gasteiger partial charge in [-0.2, -0.15) is 4.99 Å². The van der Waals surface area contributed by atoms with Gasteiger partial charge in [-0.1, -0.05) is 0 Å². The van der Waals surface area contributed by atoms with Crippen LogP contribution in [0.15, 0.2) is 40.8 Å². The zero-order valence-electron chi connectivity index (χ0n) is 12.7. The van der Waals surface area contributed by atoms with E-state index in [9.17, 15) is 14.0 Å². The fourth-order valence-corrected chi connectivity index (χ4v) is 3.03. The lowest BCUT2D eigenvalue weighted by Gasteiger charge is -2.08. The summed E-state index contributed by atoms with van der Waals surface area (Å²) in [6.07, 6.45) is 1.82. The number of rotatable bonds is 5. The van der Waals surface area contributed by atoms with Gasteiger partial charge in [-0.3, -0.25) is 9.59 Å². The molecule has 2 amide bonds. The van der Waals surface area contributed by atoms with Gasteiger partial charge >= 0.3 is 0 Å². The highest BCUT2D eigenvalue weighted by molar-refractivity contribution is 8.01. The topological polar surface area (TPSA) is 63.5 Å². The molecule has 1 aromatic carbocycles. The van der Waals surface area contributed by atoms with Gasteiger partial charge in [-0.15, -0.1) is 23.1 Å². The van der Waals surface area contributed by atoms with Crippen molar-refractivity contribution in [2.75, 3.05) is 11.1 Å². The van der Waals surface area contributed by atoms with Crippen LogP contribution in [0.4, 0.5) is 10.1 Å². The fraction of sp³-hybridized carbons (Fsp3) is 0.267. The Morgan fingerprint density at radius 1 is 1.39 bits per heavy atom. The van der Waals surface area contributed by atoms with Crippen LogP contribution in [0, 0.1) is 5.82 Å². The maximum absolute atomic E-state index is 12.8.